The van der Waals surface area contributed by atoms with Gasteiger partial charge >= 0.3 is 0 Å². The smallest absolute Gasteiger partial charge is 0.270 e. The maximum absolute atomic E-state index is 11.3. The van der Waals surface area contributed by atoms with Gasteiger partial charge in [0.1, 0.15) is 5.75 Å². The fourth-order valence-corrected chi connectivity index (χ4v) is 2.52. The predicted molar refractivity (Wildman–Crippen MR) is 87.0 cm³/mol. The number of non-ortho nitro benzene ring substituents is 1. The van der Waals surface area contributed by atoms with Gasteiger partial charge in [0.2, 0.25) is 0 Å². The summed E-state index contributed by atoms with van der Waals surface area (Å²) in [6.45, 7) is 0. The van der Waals surface area contributed by atoms with E-state index in [-0.39, 0.29) is 17.0 Å². The number of phenols is 1. The molecule has 0 aliphatic rings. The van der Waals surface area contributed by atoms with Gasteiger partial charge in [-0.15, -0.1) is 0 Å². The van der Waals surface area contributed by atoms with E-state index in [1.165, 1.54) is 18.2 Å². The Morgan fingerprint density at radius 1 is 1.25 bits per heavy atom. The van der Waals surface area contributed by atoms with E-state index in [0.29, 0.717) is 23.8 Å². The minimum Gasteiger partial charge on any atom is -0.507 e. The van der Waals surface area contributed by atoms with Crippen molar-refractivity contribution in [3.05, 3.63) is 75.6 Å². The quantitative estimate of drug-likeness (QED) is 0.426. The molecule has 0 bridgehead atoms. The van der Waals surface area contributed by atoms with Crippen molar-refractivity contribution in [3.63, 3.8) is 0 Å². The average Bonchev–Trinajstić information content (AvgIpc) is 3.09. The minimum absolute atomic E-state index is 0.0847. The van der Waals surface area contributed by atoms with Gasteiger partial charge < -0.3 is 5.11 Å². The van der Waals surface area contributed by atoms with E-state index in [2.05, 4.69) is 10.2 Å². The lowest BCUT2D eigenvalue weighted by molar-refractivity contribution is -0.384. The number of nitro benzene ring substituents is 1. The summed E-state index contributed by atoms with van der Waals surface area (Å²) in [6.07, 6.45) is 2.67. The molecule has 1 heterocycles. The maximum Gasteiger partial charge on any atom is 0.270 e. The largest absolute Gasteiger partial charge is 0.507 e. The molecule has 0 saturated heterocycles. The first kappa shape index (κ1) is 15.4. The molecule has 0 aliphatic carbocycles. The number of aromatic nitrogens is 2. The first-order valence-corrected chi connectivity index (χ1v) is 7.12. The van der Waals surface area contributed by atoms with Crippen LogP contribution in [0.25, 0.3) is 11.1 Å². The second kappa shape index (κ2) is 6.33. The van der Waals surface area contributed by atoms with Gasteiger partial charge in [-0.1, -0.05) is 12.1 Å². The number of nitrogens with one attached hydrogen (secondary N) is 1. The molecular formula is C17H13N3O4. The Balaban J connectivity index is 2.10. The number of carbonyl (C=O) groups is 1. The summed E-state index contributed by atoms with van der Waals surface area (Å²) in [5, 5.41) is 27.9. The van der Waals surface area contributed by atoms with Crippen LogP contribution in [0.3, 0.4) is 0 Å². The molecule has 3 aromatic rings. The summed E-state index contributed by atoms with van der Waals surface area (Å²) < 4.78 is 0. The van der Waals surface area contributed by atoms with E-state index in [0.717, 1.165) is 11.3 Å². The number of phenolic OH excluding ortho intramolecular Hbond substituents is 1. The molecule has 0 amide bonds. The number of aromatic hydroxyl groups is 1. The molecule has 0 unspecified atom stereocenters. The van der Waals surface area contributed by atoms with E-state index in [1.54, 1.807) is 30.5 Å². The summed E-state index contributed by atoms with van der Waals surface area (Å²) in [5.41, 5.74) is 2.52. The molecule has 0 atom stereocenters. The van der Waals surface area contributed by atoms with Crippen molar-refractivity contribution in [1.82, 2.24) is 10.2 Å². The van der Waals surface area contributed by atoms with Gasteiger partial charge in [0.25, 0.3) is 5.69 Å². The number of aldehydes is 1. The normalized spacial score (nSPS) is 10.5. The summed E-state index contributed by atoms with van der Waals surface area (Å²) in [5.74, 6) is -0.196. The van der Waals surface area contributed by atoms with Crippen LogP contribution >= 0.6 is 0 Å². The van der Waals surface area contributed by atoms with Crippen molar-refractivity contribution in [1.29, 1.82) is 0 Å². The third-order valence-corrected chi connectivity index (χ3v) is 3.65. The van der Waals surface area contributed by atoms with Crippen LogP contribution in [0.5, 0.6) is 5.75 Å². The fraction of sp³-hybridized carbons (Fsp3) is 0.0588. The Morgan fingerprint density at radius 2 is 2.08 bits per heavy atom. The van der Waals surface area contributed by atoms with Gasteiger partial charge in [0, 0.05) is 36.0 Å². The summed E-state index contributed by atoms with van der Waals surface area (Å²) >= 11 is 0. The van der Waals surface area contributed by atoms with Crippen LogP contribution in [0.4, 0.5) is 5.69 Å². The highest BCUT2D eigenvalue weighted by atomic mass is 16.6. The molecule has 0 spiro atoms. The number of hydrogen-bond donors (Lipinski definition) is 2. The van der Waals surface area contributed by atoms with Crippen LogP contribution in [-0.2, 0) is 6.42 Å². The van der Waals surface area contributed by atoms with Gasteiger partial charge in [-0.3, -0.25) is 20.0 Å². The van der Waals surface area contributed by atoms with Crippen LogP contribution in [0.15, 0.2) is 48.7 Å². The van der Waals surface area contributed by atoms with Crippen LogP contribution < -0.4 is 0 Å². The first-order valence-electron chi connectivity index (χ1n) is 7.12. The molecular weight excluding hydrogens is 310 g/mol. The number of rotatable bonds is 5. The lowest BCUT2D eigenvalue weighted by Crippen LogP contribution is -1.95. The number of nitrogens with zero attached hydrogens (tertiary/aromatic N) is 2. The van der Waals surface area contributed by atoms with Gasteiger partial charge in [-0.25, -0.2) is 0 Å². The highest BCUT2D eigenvalue weighted by Gasteiger charge is 2.15. The molecule has 120 valence electrons. The Bertz CT molecular complexity index is 904. The molecule has 0 radical (unpaired) electrons. The number of H-pyrrole nitrogens is 1. The van der Waals surface area contributed by atoms with Crippen LogP contribution in [0, 0.1) is 10.1 Å². The molecule has 3 rings (SSSR count). The second-order valence-corrected chi connectivity index (χ2v) is 5.27. The number of nitro groups is 1. The number of carbonyl (C=O) groups excluding carboxylic acids is 1. The first-order chi connectivity index (χ1) is 11.6. The molecule has 2 N–H and O–H groups in total. The fourth-order valence-electron chi connectivity index (χ4n) is 2.52. The third-order valence-electron chi connectivity index (χ3n) is 3.65. The number of benzene rings is 2. The Labute approximate surface area is 136 Å². The second-order valence-electron chi connectivity index (χ2n) is 5.27. The third kappa shape index (κ3) is 3.00. The predicted octanol–water partition coefficient (Wildman–Crippen LogP) is 3.09. The van der Waals surface area contributed by atoms with Crippen LogP contribution in [0.1, 0.15) is 21.6 Å². The Kier molecular flexibility index (Phi) is 4.07. The van der Waals surface area contributed by atoms with Crippen molar-refractivity contribution in [2.45, 2.75) is 6.42 Å². The monoisotopic (exact) mass is 323 g/mol. The topological polar surface area (TPSA) is 109 Å². The van der Waals surface area contributed by atoms with Crippen molar-refractivity contribution in [2.75, 3.05) is 0 Å². The van der Waals surface area contributed by atoms with Gasteiger partial charge in [-0.2, -0.15) is 5.10 Å². The van der Waals surface area contributed by atoms with E-state index in [1.807, 2.05) is 0 Å². The van der Waals surface area contributed by atoms with E-state index < -0.39 is 4.92 Å². The van der Waals surface area contributed by atoms with E-state index >= 15 is 0 Å². The zero-order valence-corrected chi connectivity index (χ0v) is 12.5. The Hall–Kier alpha value is -3.48. The summed E-state index contributed by atoms with van der Waals surface area (Å²) in [4.78, 5) is 21.7. The van der Waals surface area contributed by atoms with E-state index in [9.17, 15) is 20.0 Å². The average molecular weight is 323 g/mol. The van der Waals surface area contributed by atoms with Crippen molar-refractivity contribution in [2.24, 2.45) is 0 Å². The lowest BCUT2D eigenvalue weighted by atomic mass is 9.96. The van der Waals surface area contributed by atoms with Crippen LogP contribution in [-0.4, -0.2) is 26.5 Å². The summed E-state index contributed by atoms with van der Waals surface area (Å²) in [7, 11) is 0. The van der Waals surface area contributed by atoms with E-state index in [4.69, 9.17) is 0 Å². The zero-order valence-electron chi connectivity index (χ0n) is 12.5. The molecule has 1 aromatic heterocycles. The van der Waals surface area contributed by atoms with Crippen LogP contribution in [0.2, 0.25) is 0 Å². The van der Waals surface area contributed by atoms with Gasteiger partial charge in [-0.05, 0) is 29.3 Å². The lowest BCUT2D eigenvalue weighted by Gasteiger charge is -2.10. The summed E-state index contributed by atoms with van der Waals surface area (Å²) in [6, 6.07) is 11.0. The molecule has 2 aromatic carbocycles. The van der Waals surface area contributed by atoms with Crippen molar-refractivity contribution >= 4 is 12.0 Å². The SMILES string of the molecule is O=Cc1cc(Cc2ccn[nH]2)cc(-c2cccc([N+](=O)[O-])c2)c1O. The number of hydrogen-bond acceptors (Lipinski definition) is 5. The highest BCUT2D eigenvalue weighted by Crippen LogP contribution is 2.35. The molecule has 7 nitrogen and oxygen atoms in total. The van der Waals surface area contributed by atoms with Crippen molar-refractivity contribution < 1.29 is 14.8 Å². The standard InChI is InChI=1S/C17H13N3O4/c21-10-13-6-11(7-14-4-5-18-19-14)8-16(17(13)22)12-2-1-3-15(9-12)20(23)24/h1-6,8-10,22H,7H2,(H,18,19). The molecule has 0 fully saturated rings. The van der Waals surface area contributed by atoms with Gasteiger partial charge in [0.15, 0.2) is 6.29 Å². The Morgan fingerprint density at radius 3 is 2.75 bits per heavy atom. The van der Waals surface area contributed by atoms with Gasteiger partial charge in [0.05, 0.1) is 10.5 Å². The molecule has 0 saturated carbocycles. The molecule has 0 aliphatic heterocycles. The molecule has 7 heteroatoms. The molecule has 24 heavy (non-hydrogen) atoms. The highest BCUT2D eigenvalue weighted by molar-refractivity contribution is 5.86. The van der Waals surface area contributed by atoms with Crippen molar-refractivity contribution in [3.8, 4) is 16.9 Å². The maximum atomic E-state index is 11.3. The number of aromatic amines is 1. The zero-order chi connectivity index (χ0) is 17.1. The minimum atomic E-state index is -0.504.